The molecule has 0 saturated heterocycles. The summed E-state index contributed by atoms with van der Waals surface area (Å²) in [6, 6.07) is 3.96. The van der Waals surface area contributed by atoms with Crippen molar-refractivity contribution in [2.45, 2.75) is 31.3 Å². The lowest BCUT2D eigenvalue weighted by atomic mass is 9.86. The quantitative estimate of drug-likeness (QED) is 0.726. The number of rotatable bonds is 1. The number of benzene rings is 1. The molecule has 0 aliphatic heterocycles. The van der Waals surface area contributed by atoms with Crippen LogP contribution in [0.1, 0.15) is 31.2 Å². The molecule has 0 radical (unpaired) electrons. The van der Waals surface area contributed by atoms with Crippen LogP contribution in [0.5, 0.6) is 0 Å². The van der Waals surface area contributed by atoms with Crippen LogP contribution in [0.2, 0.25) is 0 Å². The molecule has 0 bridgehead atoms. The Kier molecular flexibility index (Phi) is 3.06. The summed E-state index contributed by atoms with van der Waals surface area (Å²) in [4.78, 5) is 0. The van der Waals surface area contributed by atoms with Crippen LogP contribution in [-0.2, 0) is 5.60 Å². The molecule has 16 heavy (non-hydrogen) atoms. The van der Waals surface area contributed by atoms with E-state index in [2.05, 4.69) is 0 Å². The zero-order valence-electron chi connectivity index (χ0n) is 8.92. The summed E-state index contributed by atoms with van der Waals surface area (Å²) in [7, 11) is 0. The third kappa shape index (κ3) is 2.00. The third-order valence-corrected chi connectivity index (χ3v) is 3.07. The molecular weight excluding hydrogens is 210 g/mol. The maximum Gasteiger partial charge on any atom is 0.164 e. The van der Waals surface area contributed by atoms with Gasteiger partial charge in [0.1, 0.15) is 0 Å². The van der Waals surface area contributed by atoms with E-state index in [0.717, 1.165) is 6.07 Å². The maximum atomic E-state index is 13.6. The fourth-order valence-electron chi connectivity index (χ4n) is 2.14. The summed E-state index contributed by atoms with van der Waals surface area (Å²) in [5, 5.41) is 10.4. The molecule has 2 rings (SSSR count). The summed E-state index contributed by atoms with van der Waals surface area (Å²) in [5.41, 5.74) is -1.16. The van der Waals surface area contributed by atoms with E-state index in [-0.39, 0.29) is 5.56 Å². The van der Waals surface area contributed by atoms with Crippen molar-refractivity contribution in [1.29, 1.82) is 0 Å². The van der Waals surface area contributed by atoms with Gasteiger partial charge in [-0.25, -0.2) is 8.78 Å². The molecule has 1 nitrogen and oxygen atoms in total. The molecule has 1 aromatic carbocycles. The van der Waals surface area contributed by atoms with E-state index in [1.165, 1.54) is 12.1 Å². The molecule has 1 aliphatic carbocycles. The third-order valence-electron chi connectivity index (χ3n) is 3.07. The van der Waals surface area contributed by atoms with Gasteiger partial charge in [0.05, 0.1) is 5.60 Å². The van der Waals surface area contributed by atoms with Gasteiger partial charge in [0.15, 0.2) is 11.6 Å². The molecule has 0 atom stereocenters. The van der Waals surface area contributed by atoms with E-state index in [9.17, 15) is 13.9 Å². The van der Waals surface area contributed by atoms with Gasteiger partial charge in [-0.2, -0.15) is 0 Å². The van der Waals surface area contributed by atoms with Gasteiger partial charge in [-0.05, 0) is 31.7 Å². The van der Waals surface area contributed by atoms with Crippen molar-refractivity contribution < 1.29 is 13.9 Å². The Hall–Kier alpha value is -1.22. The van der Waals surface area contributed by atoms with Gasteiger partial charge in [0.25, 0.3) is 0 Å². The smallest absolute Gasteiger partial charge is 0.164 e. The van der Waals surface area contributed by atoms with Gasteiger partial charge < -0.3 is 5.11 Å². The highest BCUT2D eigenvalue weighted by atomic mass is 19.2. The number of allylic oxidation sites excluding steroid dienone is 2. The number of hydrogen-bond acceptors (Lipinski definition) is 1. The Morgan fingerprint density at radius 2 is 1.69 bits per heavy atom. The summed E-state index contributed by atoms with van der Waals surface area (Å²) >= 11 is 0. The van der Waals surface area contributed by atoms with E-state index in [1.54, 1.807) is 0 Å². The average molecular weight is 224 g/mol. The first kappa shape index (κ1) is 11.3. The molecule has 0 spiro atoms. The molecule has 86 valence electrons. The molecule has 0 fully saturated rings. The fourth-order valence-corrected chi connectivity index (χ4v) is 2.14. The number of hydrogen-bond donors (Lipinski definition) is 1. The van der Waals surface area contributed by atoms with Crippen molar-refractivity contribution in [1.82, 2.24) is 0 Å². The minimum atomic E-state index is -1.24. The van der Waals surface area contributed by atoms with E-state index in [4.69, 9.17) is 0 Å². The molecule has 0 saturated carbocycles. The molecule has 1 N–H and O–H groups in total. The zero-order valence-corrected chi connectivity index (χ0v) is 8.92. The Morgan fingerprint density at radius 1 is 1.06 bits per heavy atom. The van der Waals surface area contributed by atoms with Crippen molar-refractivity contribution in [3.05, 3.63) is 47.5 Å². The van der Waals surface area contributed by atoms with Crippen molar-refractivity contribution in [2.24, 2.45) is 0 Å². The second-order valence-corrected chi connectivity index (χ2v) is 4.18. The monoisotopic (exact) mass is 224 g/mol. The van der Waals surface area contributed by atoms with Gasteiger partial charge >= 0.3 is 0 Å². The lowest BCUT2D eigenvalue weighted by Crippen LogP contribution is -2.26. The number of aliphatic hydroxyl groups is 1. The van der Waals surface area contributed by atoms with E-state index in [0.29, 0.717) is 25.7 Å². The lowest BCUT2D eigenvalue weighted by Gasteiger charge is -2.27. The Balaban J connectivity index is 2.38. The zero-order chi connectivity index (χ0) is 11.6. The van der Waals surface area contributed by atoms with Gasteiger partial charge in [0, 0.05) is 5.56 Å². The summed E-state index contributed by atoms with van der Waals surface area (Å²) < 4.78 is 26.7. The second kappa shape index (κ2) is 4.34. The van der Waals surface area contributed by atoms with E-state index in [1.807, 2.05) is 12.2 Å². The van der Waals surface area contributed by atoms with E-state index >= 15 is 0 Å². The highest BCUT2D eigenvalue weighted by molar-refractivity contribution is 5.26. The molecular formula is C13H14F2O. The van der Waals surface area contributed by atoms with Gasteiger partial charge in [-0.1, -0.05) is 24.3 Å². The lowest BCUT2D eigenvalue weighted by molar-refractivity contribution is 0.0181. The van der Waals surface area contributed by atoms with Crippen molar-refractivity contribution in [3.8, 4) is 0 Å². The minimum absolute atomic E-state index is 0.0798. The SMILES string of the molecule is OC1(c2cccc(F)c2F)CCC=CCC1. The molecule has 0 heterocycles. The molecule has 1 aromatic rings. The first-order valence-corrected chi connectivity index (χ1v) is 5.45. The number of halogens is 2. The topological polar surface area (TPSA) is 20.2 Å². The first-order valence-electron chi connectivity index (χ1n) is 5.45. The summed E-state index contributed by atoms with van der Waals surface area (Å²) in [5.74, 6) is -1.82. The molecule has 1 aliphatic rings. The van der Waals surface area contributed by atoms with Crippen LogP contribution in [0, 0.1) is 11.6 Å². The average Bonchev–Trinajstić information content (AvgIpc) is 2.48. The Labute approximate surface area is 93.4 Å². The fraction of sp³-hybridized carbons (Fsp3) is 0.385. The molecule has 0 aromatic heterocycles. The predicted molar refractivity (Wildman–Crippen MR) is 57.9 cm³/mol. The Bertz CT molecular complexity index is 402. The summed E-state index contributed by atoms with van der Waals surface area (Å²) in [6.07, 6.45) is 6.18. The van der Waals surface area contributed by atoms with Gasteiger partial charge in [-0.15, -0.1) is 0 Å². The molecule has 3 heteroatoms. The van der Waals surface area contributed by atoms with Crippen LogP contribution < -0.4 is 0 Å². The van der Waals surface area contributed by atoms with Crippen molar-refractivity contribution >= 4 is 0 Å². The minimum Gasteiger partial charge on any atom is -0.385 e. The predicted octanol–water partition coefficient (Wildman–Crippen LogP) is 3.28. The van der Waals surface area contributed by atoms with E-state index < -0.39 is 17.2 Å². The summed E-state index contributed by atoms with van der Waals surface area (Å²) in [6.45, 7) is 0. The Morgan fingerprint density at radius 3 is 2.31 bits per heavy atom. The largest absolute Gasteiger partial charge is 0.385 e. The van der Waals surface area contributed by atoms with Crippen molar-refractivity contribution in [3.63, 3.8) is 0 Å². The van der Waals surface area contributed by atoms with Crippen molar-refractivity contribution in [2.75, 3.05) is 0 Å². The van der Waals surface area contributed by atoms with Crippen LogP contribution in [0.15, 0.2) is 30.4 Å². The highest BCUT2D eigenvalue weighted by Gasteiger charge is 2.32. The molecule has 0 amide bonds. The van der Waals surface area contributed by atoms with Gasteiger partial charge in [-0.3, -0.25) is 0 Å². The van der Waals surface area contributed by atoms with Crippen LogP contribution in [0.3, 0.4) is 0 Å². The second-order valence-electron chi connectivity index (χ2n) is 4.18. The normalized spacial score (nSPS) is 19.4. The van der Waals surface area contributed by atoms with Gasteiger partial charge in [0.2, 0.25) is 0 Å². The standard InChI is InChI=1S/C13H14F2O/c14-11-7-5-6-10(12(11)15)13(16)8-3-1-2-4-9-13/h1-2,5-7,16H,3-4,8-9H2. The van der Waals surface area contributed by atoms with Crippen LogP contribution in [-0.4, -0.2) is 5.11 Å². The van der Waals surface area contributed by atoms with Crippen LogP contribution >= 0.6 is 0 Å². The highest BCUT2D eigenvalue weighted by Crippen LogP contribution is 2.35. The molecule has 0 unspecified atom stereocenters. The maximum absolute atomic E-state index is 13.6. The first-order chi connectivity index (χ1) is 7.63. The van der Waals surface area contributed by atoms with Crippen LogP contribution in [0.4, 0.5) is 8.78 Å². The van der Waals surface area contributed by atoms with Crippen LogP contribution in [0.25, 0.3) is 0 Å².